The van der Waals surface area contributed by atoms with Crippen molar-refractivity contribution in [3.63, 3.8) is 0 Å². The molecule has 1 rings (SSSR count). The lowest BCUT2D eigenvalue weighted by Crippen LogP contribution is -2.16. The molecular weight excluding hydrogens is 328 g/mol. The van der Waals surface area contributed by atoms with Crippen molar-refractivity contribution in [3.05, 3.63) is 33.4 Å². The first-order chi connectivity index (χ1) is 11.8. The van der Waals surface area contributed by atoms with Crippen LogP contribution in [0.25, 0.3) is 0 Å². The summed E-state index contributed by atoms with van der Waals surface area (Å²) in [4.78, 5) is 32.3. The van der Waals surface area contributed by atoms with Crippen LogP contribution in [0.2, 0.25) is 0 Å². The molecule has 0 saturated heterocycles. The summed E-state index contributed by atoms with van der Waals surface area (Å²) < 4.78 is 9.81. The summed E-state index contributed by atoms with van der Waals surface area (Å²) in [6.45, 7) is 12.4. The number of carbonyl (C=O) groups is 2. The molecule has 0 radical (unpaired) electrons. The lowest BCUT2D eigenvalue weighted by molar-refractivity contribution is -0.452. The number of rotatable bonds is 8. The number of carbonyl (C=O) groups excluding carboxylic acids is 2. The zero-order valence-corrected chi connectivity index (χ0v) is 15.7. The van der Waals surface area contributed by atoms with E-state index in [1.807, 2.05) is 41.5 Å². The molecule has 0 spiro atoms. The summed E-state index contributed by atoms with van der Waals surface area (Å²) in [7, 11) is 0. The molecule has 7 heteroatoms. The third-order valence-electron chi connectivity index (χ3n) is 4.21. The van der Waals surface area contributed by atoms with Crippen LogP contribution in [0.1, 0.15) is 51.5 Å². The van der Waals surface area contributed by atoms with Gasteiger partial charge in [0.05, 0.1) is 17.2 Å². The quantitative estimate of drug-likeness (QED) is 0.304. The Balaban J connectivity index is 2.52. The van der Waals surface area contributed by atoms with Crippen molar-refractivity contribution in [2.24, 2.45) is 0 Å². The Morgan fingerprint density at radius 3 is 1.88 bits per heavy atom. The van der Waals surface area contributed by atoms with E-state index in [0.29, 0.717) is 12.2 Å². The van der Waals surface area contributed by atoms with Gasteiger partial charge in [-0.15, -0.1) is 0 Å². The molecule has 0 fully saturated rings. The molecule has 0 amide bonds. The molecule has 1 aromatic carbocycles. The second-order valence-corrected chi connectivity index (χ2v) is 5.73. The van der Waals surface area contributed by atoms with Gasteiger partial charge in [-0.25, -0.2) is 14.5 Å². The van der Waals surface area contributed by atoms with Crippen LogP contribution in [0.5, 0.6) is 0 Å². The van der Waals surface area contributed by atoms with E-state index in [1.165, 1.54) is 0 Å². The molecule has 0 N–H and O–H groups in total. The van der Waals surface area contributed by atoms with E-state index in [-0.39, 0.29) is 13.2 Å². The van der Waals surface area contributed by atoms with Crippen LogP contribution in [-0.2, 0) is 24.3 Å². The minimum Gasteiger partial charge on any atom is -0.430 e. The van der Waals surface area contributed by atoms with E-state index in [1.54, 1.807) is 0 Å². The van der Waals surface area contributed by atoms with Gasteiger partial charge in [0.2, 0.25) is 0 Å². The van der Waals surface area contributed by atoms with Crippen LogP contribution in [0, 0.1) is 34.6 Å². The molecule has 0 aliphatic heterocycles. The highest BCUT2D eigenvalue weighted by molar-refractivity contribution is 5.93. The van der Waals surface area contributed by atoms with Gasteiger partial charge in [-0.1, -0.05) is 6.92 Å². The fourth-order valence-electron chi connectivity index (χ4n) is 2.38. The Labute approximate surface area is 148 Å². The predicted octanol–water partition coefficient (Wildman–Crippen LogP) is 3.81. The third kappa shape index (κ3) is 5.72. The van der Waals surface area contributed by atoms with E-state index in [2.05, 4.69) is 19.6 Å². The summed E-state index contributed by atoms with van der Waals surface area (Å²) >= 11 is 0. The number of benzene rings is 1. The van der Waals surface area contributed by atoms with Crippen molar-refractivity contribution < 1.29 is 33.9 Å². The monoisotopic (exact) mass is 354 g/mol. The second-order valence-electron chi connectivity index (χ2n) is 5.73. The lowest BCUT2D eigenvalue weighted by atomic mass is 9.90. The second kappa shape index (κ2) is 10.0. The van der Waals surface area contributed by atoms with Crippen molar-refractivity contribution in [1.29, 1.82) is 0 Å². The van der Waals surface area contributed by atoms with Gasteiger partial charge in [-0.2, -0.15) is 0 Å². The van der Waals surface area contributed by atoms with Crippen molar-refractivity contribution >= 4 is 12.1 Å². The molecule has 0 aliphatic carbocycles. The van der Waals surface area contributed by atoms with Gasteiger partial charge in [0.25, 0.3) is 0 Å². The number of hydrogen-bond donors (Lipinski definition) is 0. The van der Waals surface area contributed by atoms with E-state index in [0.717, 1.165) is 34.2 Å². The highest BCUT2D eigenvalue weighted by Gasteiger charge is 2.21. The Morgan fingerprint density at radius 2 is 1.32 bits per heavy atom. The van der Waals surface area contributed by atoms with Gasteiger partial charge in [0.15, 0.2) is 0 Å². The van der Waals surface area contributed by atoms with E-state index < -0.39 is 12.1 Å². The van der Waals surface area contributed by atoms with E-state index >= 15 is 0 Å². The Kier molecular flexibility index (Phi) is 8.37. The molecule has 0 atom stereocenters. The van der Waals surface area contributed by atoms with Crippen LogP contribution in [0.3, 0.4) is 0 Å². The minimum absolute atomic E-state index is 0.0186. The average molecular weight is 354 g/mol. The van der Waals surface area contributed by atoms with Crippen LogP contribution in [0.15, 0.2) is 0 Å². The summed E-state index contributed by atoms with van der Waals surface area (Å²) in [6, 6.07) is 0. The number of ether oxygens (including phenoxy) is 2. The third-order valence-corrected chi connectivity index (χ3v) is 4.21. The largest absolute Gasteiger partial charge is 0.543 e. The van der Waals surface area contributed by atoms with Gasteiger partial charge in [-0.05, 0) is 68.9 Å². The van der Waals surface area contributed by atoms with E-state index in [9.17, 15) is 9.59 Å². The predicted molar refractivity (Wildman–Crippen MR) is 90.2 cm³/mol. The highest BCUT2D eigenvalue weighted by atomic mass is 17.5. The summed E-state index contributed by atoms with van der Waals surface area (Å²) in [5, 5.41) is 4.24. The zero-order chi connectivity index (χ0) is 19.0. The zero-order valence-electron chi connectivity index (χ0n) is 15.7. The first-order valence-corrected chi connectivity index (χ1v) is 8.18. The summed E-state index contributed by atoms with van der Waals surface area (Å²) in [5.74, 6) is -0.736. The first kappa shape index (κ1) is 20.9. The fourth-order valence-corrected chi connectivity index (χ4v) is 2.38. The smallest absolute Gasteiger partial charge is 0.430 e. The standard InChI is InChI=1S/C18H26O7/c1-7-8-21-9-10-22-18(20)24-25-23-17(19)16-14(5)12(3)11(2)13(4)15(16)6/h7-10H2,1-6H3. The Bertz CT molecular complexity index is 593. The molecule has 0 aliphatic rings. The minimum atomic E-state index is -1.11. The maximum absolute atomic E-state index is 12.2. The molecule has 0 bridgehead atoms. The fraction of sp³-hybridized carbons (Fsp3) is 0.556. The van der Waals surface area contributed by atoms with Crippen LogP contribution in [0.4, 0.5) is 4.79 Å². The molecule has 7 nitrogen and oxygen atoms in total. The van der Waals surface area contributed by atoms with Gasteiger partial charge < -0.3 is 9.47 Å². The van der Waals surface area contributed by atoms with Gasteiger partial charge in [0.1, 0.15) is 6.61 Å². The molecule has 0 aromatic heterocycles. The van der Waals surface area contributed by atoms with Crippen molar-refractivity contribution in [2.75, 3.05) is 19.8 Å². The molecule has 0 heterocycles. The molecule has 0 unspecified atom stereocenters. The van der Waals surface area contributed by atoms with Crippen molar-refractivity contribution in [2.45, 2.75) is 48.0 Å². The summed E-state index contributed by atoms with van der Waals surface area (Å²) in [6.07, 6.45) is -0.238. The summed E-state index contributed by atoms with van der Waals surface area (Å²) in [5.41, 5.74) is 5.11. The van der Waals surface area contributed by atoms with Crippen LogP contribution in [-0.4, -0.2) is 31.9 Å². The number of hydrogen-bond acceptors (Lipinski definition) is 7. The Hall–Kier alpha value is -2.12. The molecule has 140 valence electrons. The molecule has 25 heavy (non-hydrogen) atoms. The SMILES string of the molecule is CCCOCCOC(=O)OOOC(=O)c1c(C)c(C)c(C)c(C)c1C. The van der Waals surface area contributed by atoms with Crippen molar-refractivity contribution in [1.82, 2.24) is 0 Å². The Morgan fingerprint density at radius 1 is 0.760 bits per heavy atom. The van der Waals surface area contributed by atoms with Gasteiger partial charge >= 0.3 is 12.1 Å². The molecular formula is C18H26O7. The lowest BCUT2D eigenvalue weighted by Gasteiger charge is -2.16. The van der Waals surface area contributed by atoms with Gasteiger partial charge in [-0.3, -0.25) is 4.89 Å². The van der Waals surface area contributed by atoms with E-state index in [4.69, 9.17) is 4.74 Å². The average Bonchev–Trinajstić information content (AvgIpc) is 2.58. The molecule has 1 aromatic rings. The van der Waals surface area contributed by atoms with Crippen molar-refractivity contribution in [3.8, 4) is 0 Å². The first-order valence-electron chi connectivity index (χ1n) is 8.18. The topological polar surface area (TPSA) is 80.3 Å². The molecule has 0 saturated carbocycles. The van der Waals surface area contributed by atoms with Crippen LogP contribution < -0.4 is 0 Å². The van der Waals surface area contributed by atoms with Crippen LogP contribution >= 0.6 is 0 Å². The normalized spacial score (nSPS) is 10.5. The maximum Gasteiger partial charge on any atom is 0.543 e. The van der Waals surface area contributed by atoms with Gasteiger partial charge in [0, 0.05) is 6.61 Å². The highest BCUT2D eigenvalue weighted by Crippen LogP contribution is 2.26. The maximum atomic E-state index is 12.2.